The predicted molar refractivity (Wildman–Crippen MR) is 38.9 cm³/mol. The summed E-state index contributed by atoms with van der Waals surface area (Å²) in [4.78, 5) is 22.1. The second kappa shape index (κ2) is 1.68. The molecule has 1 heterocycles. The smallest absolute Gasteiger partial charge is 0.346 e. The van der Waals surface area contributed by atoms with Gasteiger partial charge < -0.3 is 4.74 Å². The summed E-state index contributed by atoms with van der Waals surface area (Å²) >= 11 is 0. The van der Waals surface area contributed by atoms with Crippen LogP contribution >= 0.6 is 0 Å². The Morgan fingerprint density at radius 1 is 1.08 bits per heavy atom. The lowest BCUT2D eigenvalue weighted by atomic mass is 10.0. The predicted octanol–water partition coefficient (Wildman–Crippen LogP) is 0.572. The van der Waals surface area contributed by atoms with Crippen molar-refractivity contribution in [1.29, 1.82) is 0 Å². The van der Waals surface area contributed by atoms with E-state index >= 15 is 0 Å². The van der Waals surface area contributed by atoms with Gasteiger partial charge in [0.2, 0.25) is 0 Å². The van der Waals surface area contributed by atoms with E-state index < -0.39 is 11.9 Å². The van der Waals surface area contributed by atoms with Crippen LogP contribution in [0.4, 0.5) is 0 Å². The average Bonchev–Trinajstić information content (AvgIpc) is 2.73. The SMILES string of the molecule is O=C1OC(=O)C2=CC3CC3C=C12. The van der Waals surface area contributed by atoms with Gasteiger partial charge in [0.05, 0.1) is 11.1 Å². The first-order valence-corrected chi connectivity index (χ1v) is 3.96. The van der Waals surface area contributed by atoms with E-state index in [1.165, 1.54) is 0 Å². The van der Waals surface area contributed by atoms with Crippen LogP contribution < -0.4 is 0 Å². The van der Waals surface area contributed by atoms with Crippen LogP contribution in [0.25, 0.3) is 0 Å². The first kappa shape index (κ1) is 6.17. The minimum absolute atomic E-state index is 0.475. The molecule has 0 aromatic carbocycles. The molecule has 1 saturated carbocycles. The molecule has 2 atom stereocenters. The van der Waals surface area contributed by atoms with E-state index in [4.69, 9.17) is 0 Å². The van der Waals surface area contributed by atoms with Crippen LogP contribution in [0, 0.1) is 11.8 Å². The zero-order valence-corrected chi connectivity index (χ0v) is 6.24. The highest BCUT2D eigenvalue weighted by Crippen LogP contribution is 2.47. The summed E-state index contributed by atoms with van der Waals surface area (Å²) in [6, 6.07) is 0. The van der Waals surface area contributed by atoms with E-state index in [1.807, 2.05) is 12.2 Å². The summed E-state index contributed by atoms with van der Waals surface area (Å²) in [5, 5.41) is 0. The number of fused-ring (bicyclic) bond motifs is 2. The van der Waals surface area contributed by atoms with Crippen molar-refractivity contribution in [3.05, 3.63) is 23.3 Å². The molecule has 12 heavy (non-hydrogen) atoms. The average molecular weight is 162 g/mol. The van der Waals surface area contributed by atoms with E-state index in [9.17, 15) is 9.59 Å². The normalized spacial score (nSPS) is 36.3. The van der Waals surface area contributed by atoms with Crippen molar-refractivity contribution in [2.24, 2.45) is 11.8 Å². The highest BCUT2D eigenvalue weighted by molar-refractivity contribution is 6.18. The Hall–Kier alpha value is -1.38. The number of carbonyl (C=O) groups excluding carboxylic acids is 2. The first-order chi connectivity index (χ1) is 5.75. The van der Waals surface area contributed by atoms with Crippen molar-refractivity contribution in [2.75, 3.05) is 0 Å². The van der Waals surface area contributed by atoms with Gasteiger partial charge in [0.25, 0.3) is 0 Å². The van der Waals surface area contributed by atoms with Crippen LogP contribution in [0.3, 0.4) is 0 Å². The van der Waals surface area contributed by atoms with E-state index in [2.05, 4.69) is 4.74 Å². The maximum absolute atomic E-state index is 11.0. The molecule has 3 rings (SSSR count). The highest BCUT2D eigenvalue weighted by Gasteiger charge is 2.44. The lowest BCUT2D eigenvalue weighted by Crippen LogP contribution is -1.98. The fourth-order valence-corrected chi connectivity index (χ4v) is 1.78. The third-order valence-electron chi connectivity index (χ3n) is 2.57. The summed E-state index contributed by atoms with van der Waals surface area (Å²) in [6.45, 7) is 0. The Morgan fingerprint density at radius 3 is 2.08 bits per heavy atom. The summed E-state index contributed by atoms with van der Waals surface area (Å²) in [7, 11) is 0. The maximum Gasteiger partial charge on any atom is 0.346 e. The Bertz CT molecular complexity index is 328. The topological polar surface area (TPSA) is 43.4 Å². The Morgan fingerprint density at radius 2 is 1.58 bits per heavy atom. The summed E-state index contributed by atoms with van der Waals surface area (Å²) < 4.78 is 4.46. The van der Waals surface area contributed by atoms with E-state index in [-0.39, 0.29) is 0 Å². The van der Waals surface area contributed by atoms with Crippen molar-refractivity contribution in [3.8, 4) is 0 Å². The Balaban J connectivity index is 2.16. The van der Waals surface area contributed by atoms with Gasteiger partial charge in [0.1, 0.15) is 0 Å². The monoisotopic (exact) mass is 162 g/mol. The number of hydrogen-bond acceptors (Lipinski definition) is 3. The van der Waals surface area contributed by atoms with Gasteiger partial charge in [-0.25, -0.2) is 9.59 Å². The third-order valence-corrected chi connectivity index (χ3v) is 2.57. The quantitative estimate of drug-likeness (QED) is 0.386. The molecule has 1 saturated heterocycles. The minimum Gasteiger partial charge on any atom is -0.386 e. The van der Waals surface area contributed by atoms with Crippen LogP contribution in [0.1, 0.15) is 6.42 Å². The van der Waals surface area contributed by atoms with Crippen LogP contribution in [0.15, 0.2) is 23.3 Å². The molecule has 0 spiro atoms. The molecule has 2 unspecified atom stereocenters. The molecule has 2 fully saturated rings. The molecule has 0 aromatic heterocycles. The molecular formula is C9H6O3. The molecule has 1 aliphatic heterocycles. The molecule has 2 aliphatic carbocycles. The zero-order valence-electron chi connectivity index (χ0n) is 6.24. The maximum atomic E-state index is 11.0. The van der Waals surface area contributed by atoms with Gasteiger partial charge in [0, 0.05) is 0 Å². The molecule has 3 nitrogen and oxygen atoms in total. The lowest BCUT2D eigenvalue weighted by molar-refractivity contribution is -0.149. The standard InChI is InChI=1S/C9H6O3/c10-8-6-2-4-1-5(4)3-7(6)9(11)12-8/h2-5H,1H2. The Labute approximate surface area is 68.7 Å². The molecule has 0 aromatic rings. The lowest BCUT2D eigenvalue weighted by Gasteiger charge is -1.98. The molecule has 0 radical (unpaired) electrons. The second-order valence-electron chi connectivity index (χ2n) is 3.40. The number of ether oxygens (including phenoxy) is 1. The molecule has 0 N–H and O–H groups in total. The van der Waals surface area contributed by atoms with E-state index in [1.54, 1.807) is 0 Å². The number of rotatable bonds is 0. The van der Waals surface area contributed by atoms with Gasteiger partial charge in [0.15, 0.2) is 0 Å². The summed E-state index contributed by atoms with van der Waals surface area (Å²) in [5.74, 6) is 0.0256. The van der Waals surface area contributed by atoms with Gasteiger partial charge in [-0.05, 0) is 18.3 Å². The summed E-state index contributed by atoms with van der Waals surface area (Å²) in [5.41, 5.74) is 0.970. The number of hydrogen-bond donors (Lipinski definition) is 0. The number of allylic oxidation sites excluding steroid dienone is 2. The molecule has 3 heteroatoms. The number of cyclic esters (lactones) is 2. The van der Waals surface area contributed by atoms with Crippen LogP contribution in [0.2, 0.25) is 0 Å². The van der Waals surface area contributed by atoms with Gasteiger partial charge in [-0.3, -0.25) is 0 Å². The second-order valence-corrected chi connectivity index (χ2v) is 3.40. The highest BCUT2D eigenvalue weighted by atomic mass is 16.6. The van der Waals surface area contributed by atoms with Gasteiger partial charge in [-0.2, -0.15) is 0 Å². The molecule has 0 bridgehead atoms. The third kappa shape index (κ3) is 0.611. The van der Waals surface area contributed by atoms with Crippen molar-refractivity contribution in [3.63, 3.8) is 0 Å². The largest absolute Gasteiger partial charge is 0.386 e. The Kier molecular flexibility index (Phi) is 0.865. The molecular weight excluding hydrogens is 156 g/mol. The van der Waals surface area contributed by atoms with Crippen LogP contribution in [-0.2, 0) is 14.3 Å². The van der Waals surface area contributed by atoms with E-state index in [0.29, 0.717) is 23.0 Å². The van der Waals surface area contributed by atoms with Crippen molar-refractivity contribution in [2.45, 2.75) is 6.42 Å². The number of carbonyl (C=O) groups is 2. The molecule has 3 aliphatic rings. The number of esters is 2. The van der Waals surface area contributed by atoms with Gasteiger partial charge in [-0.15, -0.1) is 0 Å². The van der Waals surface area contributed by atoms with Crippen molar-refractivity contribution in [1.82, 2.24) is 0 Å². The fourth-order valence-electron chi connectivity index (χ4n) is 1.78. The summed E-state index contributed by atoms with van der Waals surface area (Å²) in [6.07, 6.45) is 4.81. The van der Waals surface area contributed by atoms with Gasteiger partial charge in [-0.1, -0.05) is 12.2 Å². The van der Waals surface area contributed by atoms with E-state index in [0.717, 1.165) is 6.42 Å². The fraction of sp³-hybridized carbons (Fsp3) is 0.333. The van der Waals surface area contributed by atoms with Crippen molar-refractivity contribution >= 4 is 11.9 Å². The minimum atomic E-state index is -0.475. The molecule has 0 amide bonds. The van der Waals surface area contributed by atoms with Crippen molar-refractivity contribution < 1.29 is 14.3 Å². The van der Waals surface area contributed by atoms with Gasteiger partial charge >= 0.3 is 11.9 Å². The van der Waals surface area contributed by atoms with Crippen LogP contribution in [-0.4, -0.2) is 11.9 Å². The first-order valence-electron chi connectivity index (χ1n) is 3.96. The zero-order chi connectivity index (χ0) is 8.29. The van der Waals surface area contributed by atoms with Crippen LogP contribution in [0.5, 0.6) is 0 Å². The molecule has 60 valence electrons.